The lowest BCUT2D eigenvalue weighted by Gasteiger charge is -2.30. The molecule has 112 valence electrons. The summed E-state index contributed by atoms with van der Waals surface area (Å²) in [5, 5.41) is 2.91. The van der Waals surface area contributed by atoms with Crippen LogP contribution in [-0.2, 0) is 11.3 Å². The fraction of sp³-hybridized carbons (Fsp3) is 0.467. The Labute approximate surface area is 132 Å². The van der Waals surface area contributed by atoms with Gasteiger partial charge in [-0.1, -0.05) is 35.2 Å². The third kappa shape index (κ3) is 2.64. The molecule has 0 radical (unpaired) electrons. The monoisotopic (exact) mass is 351 g/mol. The fourth-order valence-corrected chi connectivity index (χ4v) is 3.82. The Hall–Kier alpha value is -1.56. The molecule has 0 unspecified atom stereocenters. The first-order valence-corrected chi connectivity index (χ1v) is 7.99. The number of carbonyl (C=O) groups is 2. The van der Waals surface area contributed by atoms with Crippen LogP contribution in [0.15, 0.2) is 22.7 Å². The predicted octanol–water partition coefficient (Wildman–Crippen LogP) is 2.79. The van der Waals surface area contributed by atoms with Crippen molar-refractivity contribution >= 4 is 33.6 Å². The lowest BCUT2D eigenvalue weighted by atomic mass is 9.82. The van der Waals surface area contributed by atoms with Crippen LogP contribution in [0.2, 0.25) is 0 Å². The number of halogens is 1. The summed E-state index contributed by atoms with van der Waals surface area (Å²) in [7, 11) is 0. The van der Waals surface area contributed by atoms with Crippen LogP contribution >= 0.6 is 15.9 Å². The number of nitrogens with zero attached hydrogens (tertiary/aromatic N) is 1. The molecule has 1 aromatic rings. The van der Waals surface area contributed by atoms with Crippen LogP contribution in [0.1, 0.15) is 37.7 Å². The molecule has 3 N–H and O–H groups in total. The van der Waals surface area contributed by atoms with E-state index in [1.807, 2.05) is 6.07 Å². The number of nitrogen functional groups attached to an aromatic ring is 1. The number of anilines is 1. The summed E-state index contributed by atoms with van der Waals surface area (Å²) in [5.74, 6) is -0.0919. The van der Waals surface area contributed by atoms with E-state index in [1.165, 1.54) is 4.90 Å². The van der Waals surface area contributed by atoms with Gasteiger partial charge in [-0.15, -0.1) is 0 Å². The Morgan fingerprint density at radius 2 is 1.90 bits per heavy atom. The van der Waals surface area contributed by atoms with Crippen molar-refractivity contribution in [2.24, 2.45) is 0 Å². The van der Waals surface area contributed by atoms with Gasteiger partial charge in [0.25, 0.3) is 5.91 Å². The normalized spacial score (nSPS) is 20.9. The number of imide groups is 1. The quantitative estimate of drug-likeness (QED) is 0.635. The van der Waals surface area contributed by atoms with E-state index in [0.717, 1.165) is 42.1 Å². The molecule has 1 saturated heterocycles. The zero-order valence-electron chi connectivity index (χ0n) is 11.7. The molecule has 1 aliphatic heterocycles. The maximum absolute atomic E-state index is 12.7. The van der Waals surface area contributed by atoms with Gasteiger partial charge in [-0.2, -0.15) is 0 Å². The largest absolute Gasteiger partial charge is 0.399 e. The minimum absolute atomic E-state index is 0.0919. The van der Waals surface area contributed by atoms with Crippen LogP contribution in [-0.4, -0.2) is 22.4 Å². The maximum Gasteiger partial charge on any atom is 0.325 e. The van der Waals surface area contributed by atoms with Gasteiger partial charge in [0.15, 0.2) is 0 Å². The van der Waals surface area contributed by atoms with E-state index in [0.29, 0.717) is 5.69 Å². The zero-order chi connectivity index (χ0) is 15.0. The van der Waals surface area contributed by atoms with E-state index >= 15 is 0 Å². The Balaban J connectivity index is 1.82. The van der Waals surface area contributed by atoms with E-state index in [-0.39, 0.29) is 18.5 Å². The van der Waals surface area contributed by atoms with Crippen LogP contribution in [0.4, 0.5) is 10.5 Å². The molecule has 6 heteroatoms. The van der Waals surface area contributed by atoms with Gasteiger partial charge < -0.3 is 11.1 Å². The zero-order valence-corrected chi connectivity index (χ0v) is 13.3. The van der Waals surface area contributed by atoms with Crippen LogP contribution in [0.5, 0.6) is 0 Å². The minimum Gasteiger partial charge on any atom is -0.399 e. The fourth-order valence-electron chi connectivity index (χ4n) is 3.26. The second-order valence-corrected chi connectivity index (χ2v) is 6.77. The summed E-state index contributed by atoms with van der Waals surface area (Å²) in [5.41, 5.74) is 6.60. The van der Waals surface area contributed by atoms with Gasteiger partial charge in [0, 0.05) is 10.2 Å². The topological polar surface area (TPSA) is 75.4 Å². The number of urea groups is 1. The molecule has 3 rings (SSSR count). The van der Waals surface area contributed by atoms with Crippen molar-refractivity contribution in [1.29, 1.82) is 0 Å². The second kappa shape index (κ2) is 5.33. The molecule has 5 nitrogen and oxygen atoms in total. The van der Waals surface area contributed by atoms with Gasteiger partial charge in [-0.3, -0.25) is 9.69 Å². The van der Waals surface area contributed by atoms with Gasteiger partial charge in [-0.25, -0.2) is 4.79 Å². The maximum atomic E-state index is 12.7. The average molecular weight is 352 g/mol. The molecule has 3 amide bonds. The van der Waals surface area contributed by atoms with E-state index in [4.69, 9.17) is 5.73 Å². The van der Waals surface area contributed by atoms with Gasteiger partial charge in [0.05, 0.1) is 6.54 Å². The van der Waals surface area contributed by atoms with Crippen LogP contribution in [0, 0.1) is 0 Å². The summed E-state index contributed by atoms with van der Waals surface area (Å²) in [6.45, 7) is 0.260. The summed E-state index contributed by atoms with van der Waals surface area (Å²) >= 11 is 3.38. The third-order valence-electron chi connectivity index (χ3n) is 4.27. The molecule has 21 heavy (non-hydrogen) atoms. The summed E-state index contributed by atoms with van der Waals surface area (Å²) in [6, 6.07) is 5.17. The first-order valence-electron chi connectivity index (χ1n) is 7.19. The van der Waals surface area contributed by atoms with Crippen LogP contribution < -0.4 is 11.1 Å². The molecule has 1 heterocycles. The minimum atomic E-state index is -0.660. The third-order valence-corrected chi connectivity index (χ3v) is 4.73. The number of hydrogen-bond acceptors (Lipinski definition) is 3. The van der Waals surface area contributed by atoms with Crippen LogP contribution in [0.25, 0.3) is 0 Å². The lowest BCUT2D eigenvalue weighted by Crippen LogP contribution is -2.48. The smallest absolute Gasteiger partial charge is 0.325 e. The van der Waals surface area contributed by atoms with Crippen molar-refractivity contribution in [3.05, 3.63) is 28.2 Å². The molecular formula is C15H18BrN3O2. The Bertz CT molecular complexity index is 576. The van der Waals surface area contributed by atoms with Crippen molar-refractivity contribution in [2.75, 3.05) is 5.73 Å². The van der Waals surface area contributed by atoms with Crippen LogP contribution in [0.3, 0.4) is 0 Å². The predicted molar refractivity (Wildman–Crippen MR) is 83.5 cm³/mol. The summed E-state index contributed by atoms with van der Waals surface area (Å²) in [4.78, 5) is 26.2. The number of hydrogen-bond donors (Lipinski definition) is 2. The highest BCUT2D eigenvalue weighted by Crippen LogP contribution is 2.34. The van der Waals surface area contributed by atoms with E-state index in [1.54, 1.807) is 12.1 Å². The van der Waals surface area contributed by atoms with Gasteiger partial charge in [0.2, 0.25) is 0 Å². The molecular weight excluding hydrogens is 334 g/mol. The molecule has 2 aliphatic rings. The lowest BCUT2D eigenvalue weighted by molar-refractivity contribution is -0.132. The highest BCUT2D eigenvalue weighted by atomic mass is 79.9. The second-order valence-electron chi connectivity index (χ2n) is 5.86. The van der Waals surface area contributed by atoms with E-state index < -0.39 is 5.54 Å². The molecule has 0 atom stereocenters. The number of amides is 3. The van der Waals surface area contributed by atoms with Crippen molar-refractivity contribution in [3.63, 3.8) is 0 Å². The van der Waals surface area contributed by atoms with Gasteiger partial charge >= 0.3 is 6.03 Å². The molecule has 0 bridgehead atoms. The van der Waals surface area contributed by atoms with E-state index in [2.05, 4.69) is 21.2 Å². The summed E-state index contributed by atoms with van der Waals surface area (Å²) in [6.07, 6.45) is 4.60. The highest BCUT2D eigenvalue weighted by molar-refractivity contribution is 9.10. The molecule has 1 aliphatic carbocycles. The standard InChI is InChI=1S/C15H18BrN3O2/c16-11-6-10(7-12(17)8-11)9-19-13(20)15(18-14(19)21)4-2-1-3-5-15/h6-8H,1-5,9,17H2,(H,18,21). The number of benzene rings is 1. The number of rotatable bonds is 2. The molecule has 1 aromatic carbocycles. The van der Waals surface area contributed by atoms with Crippen molar-refractivity contribution in [3.8, 4) is 0 Å². The molecule has 2 fully saturated rings. The van der Waals surface area contributed by atoms with Gasteiger partial charge in [0.1, 0.15) is 5.54 Å². The first kappa shape index (κ1) is 14.4. The van der Waals surface area contributed by atoms with E-state index in [9.17, 15) is 9.59 Å². The number of nitrogens with one attached hydrogen (secondary N) is 1. The Kier molecular flexibility index (Phi) is 3.65. The molecule has 1 saturated carbocycles. The highest BCUT2D eigenvalue weighted by Gasteiger charge is 2.51. The van der Waals surface area contributed by atoms with Crippen molar-refractivity contribution in [2.45, 2.75) is 44.2 Å². The van der Waals surface area contributed by atoms with Gasteiger partial charge in [-0.05, 0) is 36.6 Å². The first-order chi connectivity index (χ1) is 10.00. The molecule has 1 spiro atoms. The number of carbonyl (C=O) groups excluding carboxylic acids is 2. The van der Waals surface area contributed by atoms with Crippen molar-refractivity contribution < 1.29 is 9.59 Å². The molecule has 0 aromatic heterocycles. The van der Waals surface area contributed by atoms with Crippen molar-refractivity contribution in [1.82, 2.24) is 10.2 Å². The SMILES string of the molecule is Nc1cc(Br)cc(CN2C(=O)NC3(CCCCC3)C2=O)c1. The summed E-state index contributed by atoms with van der Waals surface area (Å²) < 4.78 is 0.844. The average Bonchev–Trinajstić information content (AvgIpc) is 2.63. The number of nitrogens with two attached hydrogens (primary N) is 1. The Morgan fingerprint density at radius 1 is 1.19 bits per heavy atom. The Morgan fingerprint density at radius 3 is 2.57 bits per heavy atom.